The van der Waals surface area contributed by atoms with Gasteiger partial charge in [0.25, 0.3) is 0 Å². The first kappa shape index (κ1) is 20.4. The average molecular weight is 406 g/mol. The number of ketones is 1. The standard InChI is InChI=1S/C23H23N3O2S/c1-3-16(4-2)26-23-19(14-24)20(25)22(29-23)21(27)15-10-12-18(13-11-15)28-17-8-6-5-7-9-17/h5-13,16,26H,3-4,25H2,1-2H3. The smallest absolute Gasteiger partial charge is 0.205 e. The number of nitrogen functional groups attached to an aromatic ring is 1. The maximum Gasteiger partial charge on any atom is 0.205 e. The van der Waals surface area contributed by atoms with Gasteiger partial charge in [-0.05, 0) is 49.2 Å². The third-order valence-electron chi connectivity index (χ3n) is 4.68. The van der Waals surface area contributed by atoms with Crippen molar-refractivity contribution in [3.05, 3.63) is 70.6 Å². The lowest BCUT2D eigenvalue weighted by atomic mass is 10.1. The number of nitrogens with two attached hydrogens (primary N) is 1. The summed E-state index contributed by atoms with van der Waals surface area (Å²) in [5, 5.41) is 13.5. The second-order valence-corrected chi connectivity index (χ2v) is 7.61. The van der Waals surface area contributed by atoms with E-state index < -0.39 is 0 Å². The fourth-order valence-corrected chi connectivity index (χ4v) is 4.04. The third-order valence-corrected chi connectivity index (χ3v) is 5.81. The maximum atomic E-state index is 13.0. The summed E-state index contributed by atoms with van der Waals surface area (Å²) < 4.78 is 5.77. The first-order valence-electron chi connectivity index (χ1n) is 9.53. The summed E-state index contributed by atoms with van der Waals surface area (Å²) in [7, 11) is 0. The van der Waals surface area contributed by atoms with E-state index in [1.54, 1.807) is 24.3 Å². The van der Waals surface area contributed by atoms with Crippen LogP contribution in [0.25, 0.3) is 0 Å². The Morgan fingerprint density at radius 2 is 1.72 bits per heavy atom. The molecule has 0 spiro atoms. The molecule has 1 heterocycles. The van der Waals surface area contributed by atoms with Gasteiger partial charge in [-0.1, -0.05) is 32.0 Å². The fourth-order valence-electron chi connectivity index (χ4n) is 2.93. The molecule has 0 atom stereocenters. The summed E-state index contributed by atoms with van der Waals surface area (Å²) in [6, 6.07) is 18.7. The van der Waals surface area contributed by atoms with Gasteiger partial charge in [-0.2, -0.15) is 5.26 Å². The van der Waals surface area contributed by atoms with E-state index in [1.807, 2.05) is 30.3 Å². The Morgan fingerprint density at radius 1 is 1.10 bits per heavy atom. The number of anilines is 2. The van der Waals surface area contributed by atoms with Gasteiger partial charge in [0.2, 0.25) is 5.78 Å². The minimum atomic E-state index is -0.201. The van der Waals surface area contributed by atoms with Crippen LogP contribution in [0.3, 0.4) is 0 Å². The molecule has 148 valence electrons. The van der Waals surface area contributed by atoms with Crippen molar-refractivity contribution in [3.63, 3.8) is 0 Å². The summed E-state index contributed by atoms with van der Waals surface area (Å²) in [6.07, 6.45) is 1.84. The third kappa shape index (κ3) is 4.58. The molecule has 3 N–H and O–H groups in total. The van der Waals surface area contributed by atoms with E-state index in [9.17, 15) is 10.1 Å². The molecule has 0 saturated heterocycles. The van der Waals surface area contributed by atoms with Gasteiger partial charge in [-0.25, -0.2) is 0 Å². The largest absolute Gasteiger partial charge is 0.457 e. The molecule has 0 bridgehead atoms. The first-order valence-corrected chi connectivity index (χ1v) is 10.4. The van der Waals surface area contributed by atoms with Crippen molar-refractivity contribution in [2.24, 2.45) is 0 Å². The van der Waals surface area contributed by atoms with Gasteiger partial charge >= 0.3 is 0 Å². The van der Waals surface area contributed by atoms with Crippen molar-refractivity contribution in [3.8, 4) is 17.6 Å². The Labute approximate surface area is 174 Å². The van der Waals surface area contributed by atoms with Gasteiger partial charge in [0.1, 0.15) is 33.0 Å². The highest BCUT2D eigenvalue weighted by Gasteiger charge is 2.23. The highest BCUT2D eigenvalue weighted by atomic mass is 32.1. The second kappa shape index (κ2) is 9.26. The Kier molecular flexibility index (Phi) is 6.53. The van der Waals surface area contributed by atoms with Crippen molar-refractivity contribution in [2.45, 2.75) is 32.7 Å². The molecule has 0 aliphatic carbocycles. The van der Waals surface area contributed by atoms with Crippen LogP contribution in [0.1, 0.15) is 47.5 Å². The van der Waals surface area contributed by atoms with Crippen molar-refractivity contribution in [2.75, 3.05) is 11.1 Å². The van der Waals surface area contributed by atoms with Gasteiger partial charge in [0.05, 0.1) is 5.69 Å². The SMILES string of the molecule is CCC(CC)Nc1sc(C(=O)c2ccc(Oc3ccccc3)cc2)c(N)c1C#N. The topological polar surface area (TPSA) is 88.1 Å². The predicted octanol–water partition coefficient (Wildman–Crippen LogP) is 5.83. The summed E-state index contributed by atoms with van der Waals surface area (Å²) in [5.74, 6) is 1.17. The van der Waals surface area contributed by atoms with Crippen LogP contribution in [0.15, 0.2) is 54.6 Å². The van der Waals surface area contributed by atoms with Crippen LogP contribution >= 0.6 is 11.3 Å². The number of nitrogens with one attached hydrogen (secondary N) is 1. The number of ether oxygens (including phenoxy) is 1. The molecule has 0 aliphatic rings. The highest BCUT2D eigenvalue weighted by molar-refractivity contribution is 7.19. The molecule has 0 amide bonds. The molecule has 6 heteroatoms. The molecule has 0 radical (unpaired) electrons. The Hall–Kier alpha value is -3.30. The van der Waals surface area contributed by atoms with Gasteiger partial charge in [-0.3, -0.25) is 4.79 Å². The van der Waals surface area contributed by atoms with Crippen molar-refractivity contribution >= 4 is 27.8 Å². The zero-order chi connectivity index (χ0) is 20.8. The van der Waals surface area contributed by atoms with E-state index in [1.165, 1.54) is 11.3 Å². The molecular weight excluding hydrogens is 382 g/mol. The number of benzene rings is 2. The van der Waals surface area contributed by atoms with Gasteiger partial charge < -0.3 is 15.8 Å². The van der Waals surface area contributed by atoms with E-state index in [2.05, 4.69) is 25.2 Å². The molecule has 5 nitrogen and oxygen atoms in total. The van der Waals surface area contributed by atoms with E-state index in [0.717, 1.165) is 18.6 Å². The lowest BCUT2D eigenvalue weighted by Crippen LogP contribution is -2.16. The number of carbonyl (C=O) groups excluding carboxylic acids is 1. The molecule has 0 aliphatic heterocycles. The Balaban J connectivity index is 1.83. The number of hydrogen-bond acceptors (Lipinski definition) is 6. The number of carbonyl (C=O) groups is 1. The van der Waals surface area contributed by atoms with Crippen LogP contribution < -0.4 is 15.8 Å². The normalized spacial score (nSPS) is 10.6. The summed E-state index contributed by atoms with van der Waals surface area (Å²) >= 11 is 1.24. The molecule has 0 unspecified atom stereocenters. The molecule has 0 saturated carbocycles. The number of para-hydroxylation sites is 1. The van der Waals surface area contributed by atoms with Crippen LogP contribution in [-0.2, 0) is 0 Å². The second-order valence-electron chi connectivity index (χ2n) is 6.59. The first-order chi connectivity index (χ1) is 14.1. The minimum Gasteiger partial charge on any atom is -0.457 e. The lowest BCUT2D eigenvalue weighted by molar-refractivity contribution is 0.104. The van der Waals surface area contributed by atoms with Gasteiger partial charge in [0.15, 0.2) is 0 Å². The number of thiophene rings is 1. The summed E-state index contributed by atoms with van der Waals surface area (Å²) in [4.78, 5) is 13.4. The number of nitrogens with zero attached hydrogens (tertiary/aromatic N) is 1. The van der Waals surface area contributed by atoms with E-state index in [4.69, 9.17) is 10.5 Å². The van der Waals surface area contributed by atoms with E-state index >= 15 is 0 Å². The van der Waals surface area contributed by atoms with Crippen molar-refractivity contribution < 1.29 is 9.53 Å². The minimum absolute atomic E-state index is 0.201. The van der Waals surface area contributed by atoms with Crippen LogP contribution in [0.4, 0.5) is 10.7 Å². The number of rotatable bonds is 8. The molecule has 1 aromatic heterocycles. The highest BCUT2D eigenvalue weighted by Crippen LogP contribution is 2.37. The van der Waals surface area contributed by atoms with Crippen LogP contribution in [0, 0.1) is 11.3 Å². The van der Waals surface area contributed by atoms with Gasteiger partial charge in [-0.15, -0.1) is 11.3 Å². The molecule has 29 heavy (non-hydrogen) atoms. The van der Waals surface area contributed by atoms with Crippen LogP contribution in [-0.4, -0.2) is 11.8 Å². The zero-order valence-corrected chi connectivity index (χ0v) is 17.3. The Bertz CT molecular complexity index is 1020. The molecule has 3 rings (SSSR count). The fraction of sp³-hybridized carbons (Fsp3) is 0.217. The number of hydrogen-bond donors (Lipinski definition) is 2. The monoisotopic (exact) mass is 405 g/mol. The van der Waals surface area contributed by atoms with E-state index in [-0.39, 0.29) is 17.5 Å². The zero-order valence-electron chi connectivity index (χ0n) is 16.4. The van der Waals surface area contributed by atoms with Gasteiger partial charge in [0, 0.05) is 11.6 Å². The van der Waals surface area contributed by atoms with E-state index in [0.29, 0.717) is 26.8 Å². The van der Waals surface area contributed by atoms with Crippen molar-refractivity contribution in [1.82, 2.24) is 0 Å². The molecule has 3 aromatic rings. The average Bonchev–Trinajstić information content (AvgIpc) is 3.07. The quantitative estimate of drug-likeness (QED) is 0.461. The molecule has 2 aromatic carbocycles. The number of nitriles is 1. The maximum absolute atomic E-state index is 13.0. The Morgan fingerprint density at radius 3 is 2.31 bits per heavy atom. The lowest BCUT2D eigenvalue weighted by Gasteiger charge is -2.14. The van der Waals surface area contributed by atoms with Crippen molar-refractivity contribution in [1.29, 1.82) is 5.26 Å². The summed E-state index contributed by atoms with van der Waals surface area (Å²) in [6.45, 7) is 4.16. The molecule has 0 fully saturated rings. The predicted molar refractivity (Wildman–Crippen MR) is 118 cm³/mol. The molecular formula is C23H23N3O2S. The van der Waals surface area contributed by atoms with Crippen LogP contribution in [0.5, 0.6) is 11.5 Å². The van der Waals surface area contributed by atoms with Crippen LogP contribution in [0.2, 0.25) is 0 Å². The summed E-state index contributed by atoms with van der Waals surface area (Å²) in [5.41, 5.74) is 7.22.